The lowest BCUT2D eigenvalue weighted by Gasteiger charge is -2.26. The highest BCUT2D eigenvalue weighted by Crippen LogP contribution is 2.30. The smallest absolute Gasteiger partial charge is 0.257 e. The molecule has 0 bridgehead atoms. The molecule has 0 aliphatic carbocycles. The van der Waals surface area contributed by atoms with E-state index in [-0.39, 0.29) is 17.9 Å². The molecule has 1 fully saturated rings. The molecule has 1 aliphatic rings. The number of piperidine rings is 1. The number of carbonyl (C=O) groups excluding carboxylic acids is 1. The maximum absolute atomic E-state index is 12.0. The summed E-state index contributed by atoms with van der Waals surface area (Å²) in [7, 11) is 0. The van der Waals surface area contributed by atoms with E-state index in [1.807, 2.05) is 18.2 Å². The number of hydrogen-bond donors (Lipinski definition) is 1. The Hall–Kier alpha value is -1.55. The van der Waals surface area contributed by atoms with Gasteiger partial charge in [-0.15, -0.1) is 0 Å². The zero-order valence-electron chi connectivity index (χ0n) is 15.4. The van der Waals surface area contributed by atoms with Crippen LogP contribution < -0.4 is 10.1 Å². The minimum Gasteiger partial charge on any atom is -0.483 e. The SMILES string of the molecule is CC(C)(C)c1ccccc1OCC(=O)NCCCN1CCCCC1. The van der Waals surface area contributed by atoms with Crippen LogP contribution in [0, 0.1) is 0 Å². The van der Waals surface area contributed by atoms with Crippen LogP contribution in [0.2, 0.25) is 0 Å². The molecule has 0 atom stereocenters. The number of ether oxygens (including phenoxy) is 1. The fourth-order valence-corrected chi connectivity index (χ4v) is 3.12. The second kappa shape index (κ2) is 9.07. The lowest BCUT2D eigenvalue weighted by molar-refractivity contribution is -0.123. The predicted octanol–water partition coefficient (Wildman–Crippen LogP) is 3.36. The molecule has 0 aromatic heterocycles. The molecule has 1 saturated heterocycles. The van der Waals surface area contributed by atoms with Crippen LogP contribution in [0.25, 0.3) is 0 Å². The van der Waals surface area contributed by atoms with Crippen molar-refractivity contribution in [2.75, 3.05) is 32.8 Å². The number of carbonyl (C=O) groups is 1. The van der Waals surface area contributed by atoms with Crippen molar-refractivity contribution in [3.63, 3.8) is 0 Å². The Morgan fingerprint density at radius 3 is 2.58 bits per heavy atom. The number of nitrogens with zero attached hydrogens (tertiary/aromatic N) is 1. The van der Waals surface area contributed by atoms with E-state index < -0.39 is 0 Å². The van der Waals surface area contributed by atoms with Crippen LogP contribution >= 0.6 is 0 Å². The molecule has 24 heavy (non-hydrogen) atoms. The van der Waals surface area contributed by atoms with Gasteiger partial charge in [0, 0.05) is 6.54 Å². The topological polar surface area (TPSA) is 41.6 Å². The Morgan fingerprint density at radius 1 is 1.17 bits per heavy atom. The average Bonchev–Trinajstić information content (AvgIpc) is 2.57. The number of likely N-dealkylation sites (tertiary alicyclic amines) is 1. The average molecular weight is 332 g/mol. The van der Waals surface area contributed by atoms with E-state index in [9.17, 15) is 4.79 Å². The van der Waals surface area contributed by atoms with Gasteiger partial charge < -0.3 is 15.0 Å². The first-order chi connectivity index (χ1) is 11.5. The van der Waals surface area contributed by atoms with Gasteiger partial charge >= 0.3 is 0 Å². The molecule has 1 heterocycles. The van der Waals surface area contributed by atoms with Gasteiger partial charge in [0.05, 0.1) is 0 Å². The zero-order valence-corrected chi connectivity index (χ0v) is 15.4. The molecule has 4 nitrogen and oxygen atoms in total. The van der Waals surface area contributed by atoms with E-state index in [0.29, 0.717) is 0 Å². The third-order valence-electron chi connectivity index (χ3n) is 4.48. The second-order valence-corrected chi connectivity index (χ2v) is 7.64. The standard InChI is InChI=1S/C20H32N2O2/c1-20(2,3)17-10-5-6-11-18(17)24-16-19(23)21-12-9-15-22-13-7-4-8-14-22/h5-6,10-11H,4,7-9,12-16H2,1-3H3,(H,21,23). The molecule has 1 amide bonds. The fourth-order valence-electron chi connectivity index (χ4n) is 3.12. The van der Waals surface area contributed by atoms with Crippen molar-refractivity contribution in [1.82, 2.24) is 10.2 Å². The summed E-state index contributed by atoms with van der Waals surface area (Å²) in [5.74, 6) is 0.755. The fraction of sp³-hybridized carbons (Fsp3) is 0.650. The number of benzene rings is 1. The van der Waals surface area contributed by atoms with E-state index in [1.54, 1.807) is 0 Å². The molecule has 4 heteroatoms. The molecule has 0 radical (unpaired) electrons. The van der Waals surface area contributed by atoms with Crippen LogP contribution in [0.15, 0.2) is 24.3 Å². The van der Waals surface area contributed by atoms with E-state index in [4.69, 9.17) is 4.74 Å². The molecular weight excluding hydrogens is 300 g/mol. The maximum Gasteiger partial charge on any atom is 0.257 e. The van der Waals surface area contributed by atoms with E-state index in [2.05, 4.69) is 37.1 Å². The van der Waals surface area contributed by atoms with Gasteiger partial charge in [-0.3, -0.25) is 4.79 Å². The van der Waals surface area contributed by atoms with Gasteiger partial charge in [0.25, 0.3) is 5.91 Å². The molecule has 0 saturated carbocycles. The van der Waals surface area contributed by atoms with E-state index in [1.165, 1.54) is 32.4 Å². The molecular formula is C20H32N2O2. The van der Waals surface area contributed by atoms with Gasteiger partial charge in [-0.1, -0.05) is 45.4 Å². The number of hydrogen-bond acceptors (Lipinski definition) is 3. The minimum atomic E-state index is -0.0441. The zero-order chi connectivity index (χ0) is 17.4. The van der Waals surface area contributed by atoms with Gasteiger partial charge in [0.2, 0.25) is 0 Å². The van der Waals surface area contributed by atoms with Crippen LogP contribution in [0.5, 0.6) is 5.75 Å². The molecule has 2 rings (SSSR count). The number of nitrogens with one attached hydrogen (secondary N) is 1. The van der Waals surface area contributed by atoms with Gasteiger partial charge in [-0.25, -0.2) is 0 Å². The third-order valence-corrected chi connectivity index (χ3v) is 4.48. The Morgan fingerprint density at radius 2 is 1.88 bits per heavy atom. The summed E-state index contributed by atoms with van der Waals surface area (Å²) < 4.78 is 5.75. The quantitative estimate of drug-likeness (QED) is 0.779. The van der Waals surface area contributed by atoms with Crippen molar-refractivity contribution >= 4 is 5.91 Å². The lowest BCUT2D eigenvalue weighted by atomic mass is 9.86. The first-order valence-corrected chi connectivity index (χ1v) is 9.18. The highest BCUT2D eigenvalue weighted by atomic mass is 16.5. The Labute approximate surface area is 146 Å². The summed E-state index contributed by atoms with van der Waals surface area (Å²) in [5.41, 5.74) is 1.13. The predicted molar refractivity (Wildman–Crippen MR) is 98.6 cm³/mol. The van der Waals surface area contributed by atoms with E-state index >= 15 is 0 Å². The third kappa shape index (κ3) is 6.16. The van der Waals surface area contributed by atoms with Crippen LogP contribution in [0.1, 0.15) is 52.0 Å². The van der Waals surface area contributed by atoms with Crippen LogP contribution in [0.4, 0.5) is 0 Å². The molecule has 0 spiro atoms. The van der Waals surface area contributed by atoms with Crippen molar-refractivity contribution in [1.29, 1.82) is 0 Å². The summed E-state index contributed by atoms with van der Waals surface area (Å²) >= 11 is 0. The second-order valence-electron chi connectivity index (χ2n) is 7.64. The summed E-state index contributed by atoms with van der Waals surface area (Å²) in [6, 6.07) is 7.95. The van der Waals surface area contributed by atoms with Gasteiger partial charge in [0.1, 0.15) is 5.75 Å². The molecule has 1 aliphatic heterocycles. The normalized spacial score (nSPS) is 16.0. The highest BCUT2D eigenvalue weighted by molar-refractivity contribution is 5.77. The monoisotopic (exact) mass is 332 g/mol. The van der Waals surface area contributed by atoms with Crippen molar-refractivity contribution in [3.05, 3.63) is 29.8 Å². The number of amides is 1. The first kappa shape index (κ1) is 18.8. The Balaban J connectivity index is 1.68. The maximum atomic E-state index is 12.0. The summed E-state index contributed by atoms with van der Waals surface area (Å²) in [6.07, 6.45) is 4.99. The van der Waals surface area contributed by atoms with Crippen molar-refractivity contribution < 1.29 is 9.53 Å². The van der Waals surface area contributed by atoms with Gasteiger partial charge in [0.15, 0.2) is 6.61 Å². The highest BCUT2D eigenvalue weighted by Gasteiger charge is 2.18. The van der Waals surface area contributed by atoms with Crippen LogP contribution in [-0.4, -0.2) is 43.6 Å². The van der Waals surface area contributed by atoms with Crippen LogP contribution in [0.3, 0.4) is 0 Å². The largest absolute Gasteiger partial charge is 0.483 e. The Kier molecular flexibility index (Phi) is 7.10. The number of rotatable bonds is 7. The van der Waals surface area contributed by atoms with Gasteiger partial charge in [-0.05, 0) is 55.9 Å². The minimum absolute atomic E-state index is 0.00150. The molecule has 1 aromatic carbocycles. The van der Waals surface area contributed by atoms with E-state index in [0.717, 1.165) is 30.8 Å². The molecule has 134 valence electrons. The summed E-state index contributed by atoms with van der Waals surface area (Å²) in [6.45, 7) is 10.7. The van der Waals surface area contributed by atoms with Crippen LogP contribution in [-0.2, 0) is 10.2 Å². The Bertz CT molecular complexity index is 517. The summed E-state index contributed by atoms with van der Waals surface area (Å²) in [4.78, 5) is 14.5. The molecule has 1 N–H and O–H groups in total. The molecule has 1 aromatic rings. The van der Waals surface area contributed by atoms with Crippen molar-refractivity contribution in [2.45, 2.75) is 51.9 Å². The lowest BCUT2D eigenvalue weighted by Crippen LogP contribution is -2.34. The van der Waals surface area contributed by atoms with Crippen molar-refractivity contribution in [3.8, 4) is 5.75 Å². The summed E-state index contributed by atoms with van der Waals surface area (Å²) in [5, 5.41) is 2.96. The van der Waals surface area contributed by atoms with Crippen molar-refractivity contribution in [2.24, 2.45) is 0 Å². The number of para-hydroxylation sites is 1. The first-order valence-electron chi connectivity index (χ1n) is 9.18. The van der Waals surface area contributed by atoms with Gasteiger partial charge in [-0.2, -0.15) is 0 Å². The molecule has 0 unspecified atom stereocenters.